The maximum absolute atomic E-state index is 5.22. The van der Waals surface area contributed by atoms with Crippen molar-refractivity contribution in [3.63, 3.8) is 0 Å². The number of hydrogen-bond donors (Lipinski definition) is 1. The average Bonchev–Trinajstić information content (AvgIpc) is 3.07. The Morgan fingerprint density at radius 3 is 2.62 bits per heavy atom. The van der Waals surface area contributed by atoms with Gasteiger partial charge in [-0.25, -0.2) is 9.97 Å². The summed E-state index contributed by atoms with van der Waals surface area (Å²) in [7, 11) is 1.70. The van der Waals surface area contributed by atoms with Gasteiger partial charge in [0.05, 0.1) is 12.8 Å². The molecular weight excluding hydrogens is 302 g/mol. The molecule has 6 heteroatoms. The smallest absolute Gasteiger partial charge is 0.199 e. The lowest BCUT2D eigenvalue weighted by Gasteiger charge is -2.31. The highest BCUT2D eigenvalue weighted by Crippen LogP contribution is 2.30. The van der Waals surface area contributed by atoms with E-state index in [-0.39, 0.29) is 0 Å². The summed E-state index contributed by atoms with van der Waals surface area (Å²) in [6, 6.07) is 8.33. The van der Waals surface area contributed by atoms with Crippen molar-refractivity contribution < 1.29 is 4.74 Å². The number of ether oxygens (including phenoxy) is 1. The number of nitrogens with one attached hydrogen (secondary N) is 1. The maximum Gasteiger partial charge on any atom is 0.199 e. The molecule has 1 fully saturated rings. The van der Waals surface area contributed by atoms with Crippen LogP contribution in [0.5, 0.6) is 5.75 Å². The third kappa shape index (κ3) is 2.97. The number of H-pyrrole nitrogens is 1. The van der Waals surface area contributed by atoms with E-state index in [9.17, 15) is 0 Å². The first-order chi connectivity index (χ1) is 11.8. The molecule has 1 aromatic carbocycles. The van der Waals surface area contributed by atoms with E-state index in [4.69, 9.17) is 4.74 Å². The highest BCUT2D eigenvalue weighted by Gasteiger charge is 2.24. The van der Waals surface area contributed by atoms with Crippen molar-refractivity contribution >= 4 is 11.2 Å². The molecule has 3 heterocycles. The lowest BCUT2D eigenvalue weighted by Crippen LogP contribution is -2.32. The number of benzene rings is 1. The lowest BCUT2D eigenvalue weighted by atomic mass is 9.93. The van der Waals surface area contributed by atoms with Crippen LogP contribution in [0.25, 0.3) is 11.2 Å². The summed E-state index contributed by atoms with van der Waals surface area (Å²) in [5.41, 5.74) is 4.11. The first-order valence-electron chi connectivity index (χ1n) is 8.34. The number of fused-ring (bicyclic) bond motifs is 1. The first-order valence-corrected chi connectivity index (χ1v) is 8.34. The molecule has 0 radical (unpaired) electrons. The van der Waals surface area contributed by atoms with E-state index in [1.165, 1.54) is 5.56 Å². The molecule has 3 aromatic rings. The van der Waals surface area contributed by atoms with Crippen LogP contribution in [0.2, 0.25) is 0 Å². The molecule has 1 aliphatic rings. The molecule has 0 unspecified atom stereocenters. The second-order valence-corrected chi connectivity index (χ2v) is 6.26. The molecule has 0 atom stereocenters. The van der Waals surface area contributed by atoms with Gasteiger partial charge in [-0.3, -0.25) is 10.00 Å². The standard InChI is InChI=1S/C18H21N5O/c1-24-15-4-2-13(3-5-15)12-23-10-6-14(7-11-23)16-17-18(22-21-16)20-9-8-19-17/h2-5,8-9,14H,6-7,10-12H2,1H3,(H,20,21,22). The van der Waals surface area contributed by atoms with Gasteiger partial charge >= 0.3 is 0 Å². The van der Waals surface area contributed by atoms with Crippen LogP contribution in [0.4, 0.5) is 0 Å². The van der Waals surface area contributed by atoms with E-state index in [2.05, 4.69) is 37.2 Å². The van der Waals surface area contributed by atoms with Crippen LogP contribution in [0, 0.1) is 0 Å². The third-order valence-corrected chi connectivity index (χ3v) is 4.78. The van der Waals surface area contributed by atoms with E-state index in [1.807, 2.05) is 12.1 Å². The molecular formula is C18H21N5O. The Morgan fingerprint density at radius 2 is 1.88 bits per heavy atom. The van der Waals surface area contributed by atoms with Gasteiger partial charge in [0.2, 0.25) is 0 Å². The molecule has 2 aromatic heterocycles. The number of likely N-dealkylation sites (tertiary alicyclic amines) is 1. The molecule has 4 rings (SSSR count). The number of rotatable bonds is 4. The Bertz CT molecular complexity index is 806. The molecule has 1 saturated heterocycles. The summed E-state index contributed by atoms with van der Waals surface area (Å²) in [5.74, 6) is 1.39. The van der Waals surface area contributed by atoms with Crippen LogP contribution in [-0.4, -0.2) is 45.3 Å². The fourth-order valence-electron chi connectivity index (χ4n) is 3.42. The predicted molar refractivity (Wildman–Crippen MR) is 91.9 cm³/mol. The van der Waals surface area contributed by atoms with Gasteiger partial charge < -0.3 is 4.74 Å². The number of aromatic amines is 1. The van der Waals surface area contributed by atoms with Gasteiger partial charge in [0, 0.05) is 24.9 Å². The normalized spacial score (nSPS) is 16.5. The topological polar surface area (TPSA) is 66.9 Å². The Morgan fingerprint density at radius 1 is 1.12 bits per heavy atom. The highest BCUT2D eigenvalue weighted by atomic mass is 16.5. The summed E-state index contributed by atoms with van der Waals surface area (Å²) >= 11 is 0. The molecule has 6 nitrogen and oxygen atoms in total. The highest BCUT2D eigenvalue weighted by molar-refractivity contribution is 5.72. The predicted octanol–water partition coefficient (Wildman–Crippen LogP) is 2.74. The summed E-state index contributed by atoms with van der Waals surface area (Å²) in [5, 5.41) is 7.43. The zero-order valence-corrected chi connectivity index (χ0v) is 13.8. The van der Waals surface area contributed by atoms with Crippen LogP contribution in [-0.2, 0) is 6.54 Å². The van der Waals surface area contributed by atoms with Crippen molar-refractivity contribution in [2.45, 2.75) is 25.3 Å². The summed E-state index contributed by atoms with van der Waals surface area (Å²) in [4.78, 5) is 11.2. The van der Waals surface area contributed by atoms with Crippen LogP contribution in [0.3, 0.4) is 0 Å². The SMILES string of the molecule is COc1ccc(CN2CCC(c3[nH]nc4nccnc34)CC2)cc1. The molecule has 1 aliphatic heterocycles. The minimum atomic E-state index is 0.485. The fourth-order valence-corrected chi connectivity index (χ4v) is 3.42. The van der Waals surface area contributed by atoms with E-state index in [1.54, 1.807) is 19.5 Å². The van der Waals surface area contributed by atoms with E-state index >= 15 is 0 Å². The number of nitrogens with zero attached hydrogens (tertiary/aromatic N) is 4. The van der Waals surface area contributed by atoms with Crippen LogP contribution in [0.1, 0.15) is 30.0 Å². The average molecular weight is 323 g/mol. The van der Waals surface area contributed by atoms with Gasteiger partial charge in [-0.1, -0.05) is 12.1 Å². The summed E-state index contributed by atoms with van der Waals surface area (Å²) in [6.07, 6.45) is 5.65. The third-order valence-electron chi connectivity index (χ3n) is 4.78. The second kappa shape index (κ2) is 6.57. The first kappa shape index (κ1) is 15.1. The lowest BCUT2D eigenvalue weighted by molar-refractivity contribution is 0.203. The van der Waals surface area contributed by atoms with Crippen molar-refractivity contribution in [1.29, 1.82) is 0 Å². The van der Waals surface area contributed by atoms with Crippen molar-refractivity contribution in [1.82, 2.24) is 25.1 Å². The van der Waals surface area contributed by atoms with Gasteiger partial charge in [0.1, 0.15) is 11.3 Å². The Labute approximate surface area is 140 Å². The van der Waals surface area contributed by atoms with Gasteiger partial charge in [-0.15, -0.1) is 0 Å². The van der Waals surface area contributed by atoms with Crippen molar-refractivity contribution in [2.75, 3.05) is 20.2 Å². The number of methoxy groups -OCH3 is 1. The second-order valence-electron chi connectivity index (χ2n) is 6.26. The molecule has 0 spiro atoms. The molecule has 0 amide bonds. The largest absolute Gasteiger partial charge is 0.497 e. The number of hydrogen-bond acceptors (Lipinski definition) is 5. The van der Waals surface area contributed by atoms with Crippen molar-refractivity contribution in [3.05, 3.63) is 47.9 Å². The van der Waals surface area contributed by atoms with E-state index in [0.717, 1.165) is 49.4 Å². The zero-order chi connectivity index (χ0) is 16.4. The summed E-state index contributed by atoms with van der Waals surface area (Å²) in [6.45, 7) is 3.15. The minimum absolute atomic E-state index is 0.485. The Kier molecular flexibility index (Phi) is 4.13. The maximum atomic E-state index is 5.22. The molecule has 1 N–H and O–H groups in total. The number of aromatic nitrogens is 4. The zero-order valence-electron chi connectivity index (χ0n) is 13.8. The monoisotopic (exact) mass is 323 g/mol. The Hall–Kier alpha value is -2.47. The van der Waals surface area contributed by atoms with Gasteiger partial charge in [0.25, 0.3) is 0 Å². The molecule has 24 heavy (non-hydrogen) atoms. The van der Waals surface area contributed by atoms with Crippen LogP contribution < -0.4 is 4.74 Å². The van der Waals surface area contributed by atoms with Gasteiger partial charge in [-0.2, -0.15) is 5.10 Å². The minimum Gasteiger partial charge on any atom is -0.497 e. The van der Waals surface area contributed by atoms with Gasteiger partial charge in [0.15, 0.2) is 5.65 Å². The fraction of sp³-hybridized carbons (Fsp3) is 0.389. The van der Waals surface area contributed by atoms with Crippen LogP contribution >= 0.6 is 0 Å². The molecule has 0 aliphatic carbocycles. The van der Waals surface area contributed by atoms with Crippen molar-refractivity contribution in [2.24, 2.45) is 0 Å². The summed E-state index contributed by atoms with van der Waals surface area (Å²) < 4.78 is 5.22. The molecule has 0 saturated carbocycles. The van der Waals surface area contributed by atoms with E-state index < -0.39 is 0 Å². The van der Waals surface area contributed by atoms with E-state index in [0.29, 0.717) is 11.6 Å². The number of piperidine rings is 1. The van der Waals surface area contributed by atoms with Gasteiger partial charge in [-0.05, 0) is 43.6 Å². The molecule has 0 bridgehead atoms. The van der Waals surface area contributed by atoms with Crippen LogP contribution in [0.15, 0.2) is 36.7 Å². The quantitative estimate of drug-likeness (QED) is 0.799. The molecule has 124 valence electrons. The van der Waals surface area contributed by atoms with Crippen molar-refractivity contribution in [3.8, 4) is 5.75 Å². The Balaban J connectivity index is 1.39.